The van der Waals surface area contributed by atoms with Gasteiger partial charge < -0.3 is 10.1 Å². The molecule has 1 aliphatic carbocycles. The number of fused-ring (bicyclic) bond motifs is 1. The van der Waals surface area contributed by atoms with Gasteiger partial charge in [0.05, 0.1) is 5.69 Å². The van der Waals surface area contributed by atoms with Gasteiger partial charge in [-0.3, -0.25) is 4.79 Å². The maximum atomic E-state index is 12.3. The molecule has 30 heavy (non-hydrogen) atoms. The summed E-state index contributed by atoms with van der Waals surface area (Å²) in [7, 11) is 0. The van der Waals surface area contributed by atoms with Gasteiger partial charge in [0.1, 0.15) is 12.1 Å². The Morgan fingerprint density at radius 3 is 2.63 bits per heavy atom. The molecule has 0 radical (unpaired) electrons. The summed E-state index contributed by atoms with van der Waals surface area (Å²) in [5, 5.41) is 7.41. The third-order valence-corrected chi connectivity index (χ3v) is 4.93. The molecule has 1 N–H and O–H groups in total. The Morgan fingerprint density at radius 2 is 1.93 bits per heavy atom. The highest BCUT2D eigenvalue weighted by Gasteiger charge is 2.31. The number of hydrogen-bond acceptors (Lipinski definition) is 4. The third kappa shape index (κ3) is 4.61. The van der Waals surface area contributed by atoms with Crippen LogP contribution >= 0.6 is 0 Å². The number of ether oxygens (including phenoxy) is 1. The van der Waals surface area contributed by atoms with E-state index in [1.54, 1.807) is 0 Å². The fourth-order valence-corrected chi connectivity index (χ4v) is 3.63. The lowest BCUT2D eigenvalue weighted by Crippen LogP contribution is -2.37. The van der Waals surface area contributed by atoms with Crippen LogP contribution < -0.4 is 10.1 Å². The van der Waals surface area contributed by atoms with Crippen LogP contribution in [-0.4, -0.2) is 33.1 Å². The van der Waals surface area contributed by atoms with Crippen LogP contribution in [0.25, 0.3) is 17.1 Å². The van der Waals surface area contributed by atoms with E-state index in [9.17, 15) is 18.0 Å². The zero-order valence-corrected chi connectivity index (χ0v) is 16.1. The Kier molecular flexibility index (Phi) is 5.19. The minimum absolute atomic E-state index is 0.0205. The first-order valence-corrected chi connectivity index (χ1v) is 9.44. The first kappa shape index (κ1) is 19.9. The monoisotopic (exact) mass is 416 g/mol. The van der Waals surface area contributed by atoms with Gasteiger partial charge >= 0.3 is 6.36 Å². The molecular weight excluding hydrogens is 397 g/mol. The van der Waals surface area contributed by atoms with Crippen LogP contribution in [0.4, 0.5) is 13.2 Å². The first-order valence-electron chi connectivity index (χ1n) is 9.44. The van der Waals surface area contributed by atoms with Gasteiger partial charge in [-0.25, -0.2) is 9.67 Å². The number of aromatic nitrogens is 3. The number of nitrogens with zero attached hydrogens (tertiary/aromatic N) is 3. The van der Waals surface area contributed by atoms with Gasteiger partial charge in [-0.15, -0.1) is 18.3 Å². The quantitative estimate of drug-likeness (QED) is 0.702. The number of aryl methyl sites for hydroxylation is 1. The summed E-state index contributed by atoms with van der Waals surface area (Å²) >= 11 is 0. The smallest absolute Gasteiger partial charge is 0.406 e. The molecule has 1 atom stereocenters. The molecule has 1 heterocycles. The van der Waals surface area contributed by atoms with Gasteiger partial charge in [-0.1, -0.05) is 12.1 Å². The van der Waals surface area contributed by atoms with E-state index in [-0.39, 0.29) is 17.7 Å². The second-order valence-electron chi connectivity index (χ2n) is 7.18. The maximum Gasteiger partial charge on any atom is 0.573 e. The lowest BCUT2D eigenvalue weighted by Gasteiger charge is -2.25. The highest BCUT2D eigenvalue weighted by molar-refractivity contribution is 5.73. The lowest BCUT2D eigenvalue weighted by atomic mass is 9.87. The second kappa shape index (κ2) is 7.81. The summed E-state index contributed by atoms with van der Waals surface area (Å²) < 4.78 is 42.2. The Bertz CT molecular complexity index is 1060. The van der Waals surface area contributed by atoms with Crippen LogP contribution in [0.15, 0.2) is 48.8 Å². The predicted molar refractivity (Wildman–Crippen MR) is 103 cm³/mol. The molecule has 4 rings (SSSR count). The number of rotatable bonds is 4. The van der Waals surface area contributed by atoms with Crippen molar-refractivity contribution in [3.05, 3.63) is 59.9 Å². The fraction of sp³-hybridized carbons (Fsp3) is 0.286. The Balaban J connectivity index is 1.50. The van der Waals surface area contributed by atoms with Crippen LogP contribution in [-0.2, 0) is 17.6 Å². The lowest BCUT2D eigenvalue weighted by molar-refractivity contribution is -0.274. The number of hydrogen-bond donors (Lipinski definition) is 1. The van der Waals surface area contributed by atoms with E-state index in [1.165, 1.54) is 53.3 Å². The molecule has 0 spiro atoms. The summed E-state index contributed by atoms with van der Waals surface area (Å²) in [6.45, 7) is 1.53. The molecule has 1 aliphatic rings. The molecule has 3 aromatic rings. The van der Waals surface area contributed by atoms with Crippen molar-refractivity contribution < 1.29 is 22.7 Å². The number of amides is 1. The van der Waals surface area contributed by atoms with Crippen LogP contribution in [0.3, 0.4) is 0 Å². The van der Waals surface area contributed by atoms with Crippen LogP contribution in [0, 0.1) is 0 Å². The fourth-order valence-electron chi connectivity index (χ4n) is 3.63. The van der Waals surface area contributed by atoms with Crippen molar-refractivity contribution in [1.29, 1.82) is 0 Å². The van der Waals surface area contributed by atoms with Crippen LogP contribution in [0.2, 0.25) is 0 Å². The third-order valence-electron chi connectivity index (χ3n) is 4.93. The summed E-state index contributed by atoms with van der Waals surface area (Å²) in [5.41, 5.74) is 3.84. The number of nitrogens with one attached hydrogen (secondary N) is 1. The summed E-state index contributed by atoms with van der Waals surface area (Å²) in [6, 6.07) is 11.6. The molecular formula is C21H19F3N4O2. The maximum absolute atomic E-state index is 12.3. The Labute approximate surface area is 170 Å². The van der Waals surface area contributed by atoms with Crippen LogP contribution in [0.5, 0.6) is 5.75 Å². The van der Waals surface area contributed by atoms with E-state index >= 15 is 0 Å². The van der Waals surface area contributed by atoms with Crippen molar-refractivity contribution in [2.75, 3.05) is 0 Å². The molecule has 0 saturated heterocycles. The SMILES string of the molecule is CC(=O)NC1CCc2cc(-c3ncn(-c4ccc(OC(F)(F)F)cc4)n3)ccc2C1. The van der Waals surface area contributed by atoms with Gasteiger partial charge in [-0.2, -0.15) is 0 Å². The largest absolute Gasteiger partial charge is 0.573 e. The van der Waals surface area contributed by atoms with Gasteiger partial charge in [0.2, 0.25) is 5.91 Å². The molecule has 6 nitrogen and oxygen atoms in total. The van der Waals surface area contributed by atoms with E-state index in [0.29, 0.717) is 11.5 Å². The van der Waals surface area contributed by atoms with Crippen LogP contribution in [0.1, 0.15) is 24.5 Å². The van der Waals surface area contributed by atoms with Gasteiger partial charge in [0.25, 0.3) is 0 Å². The van der Waals surface area contributed by atoms with Crippen molar-refractivity contribution in [3.63, 3.8) is 0 Å². The van der Waals surface area contributed by atoms with Crippen molar-refractivity contribution in [3.8, 4) is 22.8 Å². The highest BCUT2D eigenvalue weighted by Crippen LogP contribution is 2.27. The number of alkyl halides is 3. The van der Waals surface area contributed by atoms with E-state index in [0.717, 1.165) is 24.8 Å². The molecule has 0 saturated carbocycles. The van der Waals surface area contributed by atoms with Gasteiger partial charge in [0, 0.05) is 18.5 Å². The van der Waals surface area contributed by atoms with Crippen molar-refractivity contribution in [2.24, 2.45) is 0 Å². The molecule has 0 bridgehead atoms. The summed E-state index contributed by atoms with van der Waals surface area (Å²) in [6.07, 6.45) is -0.680. The molecule has 1 unspecified atom stereocenters. The Hall–Kier alpha value is -3.36. The van der Waals surface area contributed by atoms with E-state index in [1.807, 2.05) is 12.1 Å². The summed E-state index contributed by atoms with van der Waals surface area (Å²) in [4.78, 5) is 15.6. The molecule has 1 aromatic heterocycles. The molecule has 156 valence electrons. The topological polar surface area (TPSA) is 69.0 Å². The molecule has 0 fully saturated rings. The zero-order valence-electron chi connectivity index (χ0n) is 16.1. The average Bonchev–Trinajstić information content (AvgIpc) is 3.16. The predicted octanol–water partition coefficient (Wildman–Crippen LogP) is 3.83. The standard InChI is InChI=1S/C21H19F3N4O2/c1-13(29)26-17-5-4-14-10-16(3-2-15(14)11-17)20-25-12-28(27-20)18-6-8-19(9-7-18)30-21(22,23)24/h2-3,6-10,12,17H,4-5,11H2,1H3,(H,26,29). The number of benzene rings is 2. The average molecular weight is 416 g/mol. The van der Waals surface area contributed by atoms with Gasteiger partial charge in [0.15, 0.2) is 5.82 Å². The minimum Gasteiger partial charge on any atom is -0.406 e. The van der Waals surface area contributed by atoms with E-state index in [2.05, 4.69) is 26.2 Å². The Morgan fingerprint density at radius 1 is 1.17 bits per heavy atom. The zero-order chi connectivity index (χ0) is 21.3. The number of carbonyl (C=O) groups excluding carboxylic acids is 1. The normalized spacial score (nSPS) is 16.1. The highest BCUT2D eigenvalue weighted by atomic mass is 19.4. The molecule has 1 amide bonds. The molecule has 9 heteroatoms. The van der Waals surface area contributed by atoms with Crippen molar-refractivity contribution >= 4 is 5.91 Å². The van der Waals surface area contributed by atoms with Crippen molar-refractivity contribution in [2.45, 2.75) is 38.6 Å². The van der Waals surface area contributed by atoms with E-state index < -0.39 is 6.36 Å². The summed E-state index contributed by atoms with van der Waals surface area (Å²) in [5.74, 6) is 0.212. The number of carbonyl (C=O) groups is 1. The second-order valence-corrected chi connectivity index (χ2v) is 7.18. The van der Waals surface area contributed by atoms with E-state index in [4.69, 9.17) is 0 Å². The number of halogens is 3. The molecule has 2 aromatic carbocycles. The first-order chi connectivity index (χ1) is 14.3. The van der Waals surface area contributed by atoms with Gasteiger partial charge in [-0.05, 0) is 60.7 Å². The van der Waals surface area contributed by atoms with Crippen molar-refractivity contribution in [1.82, 2.24) is 20.1 Å². The minimum atomic E-state index is -4.73. The molecule has 0 aliphatic heterocycles.